The van der Waals surface area contributed by atoms with Crippen LogP contribution in [0.15, 0.2) is 41.1 Å². The predicted molar refractivity (Wildman–Crippen MR) is 130 cm³/mol. The van der Waals surface area contributed by atoms with E-state index in [0.29, 0.717) is 40.8 Å². The predicted octanol–water partition coefficient (Wildman–Crippen LogP) is 4.61. The molecule has 0 aliphatic carbocycles. The Kier molecular flexibility index (Phi) is 6.86. The molecule has 1 saturated heterocycles. The Morgan fingerprint density at radius 3 is 2.62 bits per heavy atom. The Bertz CT molecular complexity index is 1200. The van der Waals surface area contributed by atoms with Gasteiger partial charge in [0, 0.05) is 29.4 Å². The van der Waals surface area contributed by atoms with Crippen LogP contribution in [0.5, 0.6) is 5.75 Å². The van der Waals surface area contributed by atoms with Gasteiger partial charge in [-0.1, -0.05) is 11.6 Å². The molecule has 0 spiro atoms. The van der Waals surface area contributed by atoms with Crippen LogP contribution in [0.3, 0.4) is 0 Å². The van der Waals surface area contributed by atoms with Crippen LogP contribution in [-0.2, 0) is 19.1 Å². The first-order valence-electron chi connectivity index (χ1n) is 11.2. The van der Waals surface area contributed by atoms with Gasteiger partial charge in [-0.25, -0.2) is 4.79 Å². The molecule has 0 radical (unpaired) electrons. The molecule has 0 unspecified atom stereocenters. The number of hydrogen-bond acceptors (Lipinski definition) is 5. The quantitative estimate of drug-likeness (QED) is 0.442. The number of allylic oxidation sites excluding steroid dienone is 1. The van der Waals surface area contributed by atoms with Crippen LogP contribution in [0.2, 0.25) is 5.02 Å². The van der Waals surface area contributed by atoms with Crippen molar-refractivity contribution >= 4 is 29.6 Å². The van der Waals surface area contributed by atoms with Crippen LogP contribution in [0.4, 0.5) is 0 Å². The molecule has 2 aromatic rings. The Balaban J connectivity index is 1.75. The molecule has 4 rings (SSSR count). The number of amides is 1. The molecule has 1 atom stereocenters. The van der Waals surface area contributed by atoms with Crippen molar-refractivity contribution in [2.75, 3.05) is 27.4 Å². The number of carbonyl (C=O) groups excluding carboxylic acids is 2. The molecule has 3 heterocycles. The highest BCUT2D eigenvalue weighted by Gasteiger charge is 2.38. The lowest BCUT2D eigenvalue weighted by atomic mass is 10.0. The van der Waals surface area contributed by atoms with Gasteiger partial charge in [-0.3, -0.25) is 4.79 Å². The van der Waals surface area contributed by atoms with E-state index in [1.165, 1.54) is 7.11 Å². The molecule has 2 aliphatic rings. The van der Waals surface area contributed by atoms with Crippen molar-refractivity contribution in [3.8, 4) is 11.4 Å². The van der Waals surface area contributed by atoms with Gasteiger partial charge in [0.25, 0.3) is 5.91 Å². The van der Waals surface area contributed by atoms with Gasteiger partial charge in [0.1, 0.15) is 5.75 Å². The number of hydrogen-bond donors (Lipinski definition) is 0. The highest BCUT2D eigenvalue weighted by Crippen LogP contribution is 2.35. The van der Waals surface area contributed by atoms with Crippen molar-refractivity contribution in [1.29, 1.82) is 0 Å². The summed E-state index contributed by atoms with van der Waals surface area (Å²) < 4.78 is 18.1. The second-order valence-corrected chi connectivity index (χ2v) is 8.95. The van der Waals surface area contributed by atoms with Gasteiger partial charge < -0.3 is 23.7 Å². The molecule has 180 valence electrons. The monoisotopic (exact) mass is 484 g/mol. The first-order valence-corrected chi connectivity index (χ1v) is 11.6. The van der Waals surface area contributed by atoms with E-state index in [2.05, 4.69) is 4.57 Å². The smallest absolute Gasteiger partial charge is 0.340 e. The Morgan fingerprint density at radius 1 is 1.24 bits per heavy atom. The topological polar surface area (TPSA) is 70.0 Å². The number of aryl methyl sites for hydroxylation is 1. The summed E-state index contributed by atoms with van der Waals surface area (Å²) in [6, 6.07) is 7.57. The van der Waals surface area contributed by atoms with Crippen LogP contribution in [0.25, 0.3) is 11.8 Å². The van der Waals surface area contributed by atoms with Gasteiger partial charge in [0.2, 0.25) is 0 Å². The van der Waals surface area contributed by atoms with Crippen molar-refractivity contribution < 1.29 is 23.8 Å². The summed E-state index contributed by atoms with van der Waals surface area (Å²) >= 11 is 6.35. The highest BCUT2D eigenvalue weighted by atomic mass is 35.5. The van der Waals surface area contributed by atoms with Crippen molar-refractivity contribution in [3.63, 3.8) is 0 Å². The first-order chi connectivity index (χ1) is 16.3. The molecule has 2 aliphatic heterocycles. The number of nitrogens with zero attached hydrogens (tertiary/aromatic N) is 2. The van der Waals surface area contributed by atoms with Gasteiger partial charge in [-0.2, -0.15) is 0 Å². The van der Waals surface area contributed by atoms with Gasteiger partial charge in [-0.15, -0.1) is 0 Å². The minimum absolute atomic E-state index is 0.0259. The van der Waals surface area contributed by atoms with Crippen molar-refractivity contribution in [3.05, 3.63) is 63.1 Å². The Labute approximate surface area is 204 Å². The first kappa shape index (κ1) is 24.1. The lowest BCUT2D eigenvalue weighted by Gasteiger charge is -2.21. The minimum Gasteiger partial charge on any atom is -0.495 e. The molecule has 0 N–H and O–H groups in total. The van der Waals surface area contributed by atoms with Crippen LogP contribution in [0.1, 0.15) is 36.7 Å². The maximum Gasteiger partial charge on any atom is 0.340 e. The third-order valence-electron chi connectivity index (χ3n) is 6.47. The number of halogens is 1. The highest BCUT2D eigenvalue weighted by molar-refractivity contribution is 6.32. The van der Waals surface area contributed by atoms with Crippen molar-refractivity contribution in [2.24, 2.45) is 0 Å². The van der Waals surface area contributed by atoms with Crippen LogP contribution in [-0.4, -0.2) is 54.8 Å². The molecular formula is C26H29ClN2O5. The zero-order chi connectivity index (χ0) is 24.6. The summed E-state index contributed by atoms with van der Waals surface area (Å²) in [5, 5.41) is 0.509. The number of carbonyl (C=O) groups is 2. The minimum atomic E-state index is -0.525. The maximum atomic E-state index is 13.4. The molecule has 0 bridgehead atoms. The number of ether oxygens (including phenoxy) is 3. The third-order valence-corrected chi connectivity index (χ3v) is 6.77. The summed E-state index contributed by atoms with van der Waals surface area (Å²) in [5.41, 5.74) is 4.81. The van der Waals surface area contributed by atoms with Crippen LogP contribution >= 0.6 is 11.6 Å². The average Bonchev–Trinajstić information content (AvgIpc) is 3.48. The van der Waals surface area contributed by atoms with E-state index >= 15 is 0 Å². The molecular weight excluding hydrogens is 456 g/mol. The lowest BCUT2D eigenvalue weighted by molar-refractivity contribution is -0.136. The van der Waals surface area contributed by atoms with E-state index in [1.807, 2.05) is 38.1 Å². The van der Waals surface area contributed by atoms with E-state index in [9.17, 15) is 9.59 Å². The lowest BCUT2D eigenvalue weighted by Crippen LogP contribution is -2.33. The summed E-state index contributed by atoms with van der Waals surface area (Å²) in [4.78, 5) is 27.7. The molecule has 1 aromatic carbocycles. The summed E-state index contributed by atoms with van der Waals surface area (Å²) in [6.45, 7) is 6.85. The number of methoxy groups -OCH3 is 2. The number of benzene rings is 1. The molecule has 1 amide bonds. The average molecular weight is 485 g/mol. The molecule has 8 heteroatoms. The molecule has 34 heavy (non-hydrogen) atoms. The molecule has 0 saturated carbocycles. The third kappa shape index (κ3) is 4.26. The second-order valence-electron chi connectivity index (χ2n) is 8.54. The van der Waals surface area contributed by atoms with E-state index in [4.69, 9.17) is 25.8 Å². The van der Waals surface area contributed by atoms with E-state index in [0.717, 1.165) is 35.5 Å². The Hall–Kier alpha value is -3.03. The van der Waals surface area contributed by atoms with E-state index < -0.39 is 5.97 Å². The number of rotatable bonds is 6. The summed E-state index contributed by atoms with van der Waals surface area (Å²) in [6.07, 6.45) is 3.62. The SMILES string of the molecule is COC(=O)C1=C(C)N(C[C@@H]2CCCO2)C(=O)/C1=C\c1cc(C)n(-c2ccc(OC)c(Cl)c2)c1C. The maximum absolute atomic E-state index is 13.4. The fraction of sp³-hybridized carbons (Fsp3) is 0.385. The fourth-order valence-corrected chi connectivity index (χ4v) is 4.97. The van der Waals surface area contributed by atoms with Gasteiger partial charge in [-0.05, 0) is 69.5 Å². The summed E-state index contributed by atoms with van der Waals surface area (Å²) in [7, 11) is 2.90. The zero-order valence-electron chi connectivity index (χ0n) is 20.1. The standard InChI is InChI=1S/C26H29ClN2O5/c1-15-11-18(16(2)29(15)19-8-9-23(32-4)22(27)13-19)12-21-24(26(31)33-5)17(3)28(25(21)30)14-20-7-6-10-34-20/h8-9,11-13,20H,6-7,10,14H2,1-5H3/b21-12-/t20-/m0/s1. The number of aromatic nitrogens is 1. The molecule has 1 aromatic heterocycles. The van der Waals surface area contributed by atoms with Crippen LogP contribution < -0.4 is 4.74 Å². The van der Waals surface area contributed by atoms with Gasteiger partial charge >= 0.3 is 5.97 Å². The zero-order valence-corrected chi connectivity index (χ0v) is 20.9. The number of esters is 1. The normalized spacial score (nSPS) is 19.5. The van der Waals surface area contributed by atoms with Gasteiger partial charge in [0.15, 0.2) is 0 Å². The van der Waals surface area contributed by atoms with Gasteiger partial charge in [0.05, 0.1) is 43.0 Å². The fourth-order valence-electron chi connectivity index (χ4n) is 4.72. The molecule has 1 fully saturated rings. The molecule has 7 nitrogen and oxygen atoms in total. The van der Waals surface area contributed by atoms with E-state index in [1.54, 1.807) is 25.0 Å². The summed E-state index contributed by atoms with van der Waals surface area (Å²) in [5.74, 6) is -0.144. The Morgan fingerprint density at radius 2 is 2.00 bits per heavy atom. The van der Waals surface area contributed by atoms with Crippen molar-refractivity contribution in [2.45, 2.75) is 39.7 Å². The largest absolute Gasteiger partial charge is 0.495 e. The van der Waals surface area contributed by atoms with Crippen molar-refractivity contribution in [1.82, 2.24) is 9.47 Å². The van der Waals surface area contributed by atoms with Crippen LogP contribution in [0, 0.1) is 13.8 Å². The second kappa shape index (κ2) is 9.68. The van der Waals surface area contributed by atoms with E-state index in [-0.39, 0.29) is 12.0 Å².